The first kappa shape index (κ1) is 18.6. The summed E-state index contributed by atoms with van der Waals surface area (Å²) in [6, 6.07) is 13.6. The highest BCUT2D eigenvalue weighted by Gasteiger charge is 2.33. The molecule has 6 nitrogen and oxygen atoms in total. The van der Waals surface area contributed by atoms with Crippen molar-refractivity contribution >= 4 is 0 Å². The fourth-order valence-corrected chi connectivity index (χ4v) is 3.03. The van der Waals surface area contributed by atoms with Crippen molar-refractivity contribution in [3.05, 3.63) is 65.6 Å². The number of aromatic nitrogens is 3. The van der Waals surface area contributed by atoms with Crippen molar-refractivity contribution in [2.45, 2.75) is 18.8 Å². The molecule has 0 spiro atoms. The summed E-state index contributed by atoms with van der Waals surface area (Å²) in [5.74, 6) is 0.233. The number of hydrogen-bond donors (Lipinski definition) is 0. The standard InChI is InChI=1S/C19H17F3N4O2/c20-19(21,22)16-8-4-7-14(23-16)18-24-17(25-28-18)15-12-26(9-10-27-15)11-13-5-2-1-3-6-13/h1-8,15H,9-12H2. The Morgan fingerprint density at radius 2 is 1.86 bits per heavy atom. The van der Waals surface area contributed by atoms with E-state index < -0.39 is 18.0 Å². The number of pyridine rings is 1. The maximum Gasteiger partial charge on any atom is 0.433 e. The van der Waals surface area contributed by atoms with Crippen molar-refractivity contribution in [1.82, 2.24) is 20.0 Å². The van der Waals surface area contributed by atoms with Gasteiger partial charge in [-0.05, 0) is 17.7 Å². The second kappa shape index (κ2) is 7.69. The van der Waals surface area contributed by atoms with Gasteiger partial charge in [0.25, 0.3) is 5.89 Å². The molecule has 3 heterocycles. The van der Waals surface area contributed by atoms with Crippen LogP contribution < -0.4 is 0 Å². The van der Waals surface area contributed by atoms with Crippen LogP contribution >= 0.6 is 0 Å². The van der Waals surface area contributed by atoms with Crippen molar-refractivity contribution in [2.75, 3.05) is 19.7 Å². The molecule has 9 heteroatoms. The van der Waals surface area contributed by atoms with Gasteiger partial charge >= 0.3 is 6.18 Å². The Morgan fingerprint density at radius 1 is 1.04 bits per heavy atom. The largest absolute Gasteiger partial charge is 0.433 e. The van der Waals surface area contributed by atoms with Crippen molar-refractivity contribution < 1.29 is 22.4 Å². The molecule has 1 unspecified atom stereocenters. The Bertz CT molecular complexity index is 930. The van der Waals surface area contributed by atoms with Gasteiger partial charge in [-0.25, -0.2) is 4.98 Å². The molecule has 1 aliphatic rings. The van der Waals surface area contributed by atoms with Gasteiger partial charge in [-0.1, -0.05) is 41.6 Å². The van der Waals surface area contributed by atoms with Gasteiger partial charge < -0.3 is 9.26 Å². The molecule has 0 amide bonds. The Kier molecular flexibility index (Phi) is 5.10. The maximum absolute atomic E-state index is 12.8. The SMILES string of the molecule is FC(F)(F)c1cccc(-c2nc(C3CN(Cc4ccccc4)CCO3)no2)n1. The summed E-state index contributed by atoms with van der Waals surface area (Å²) in [7, 11) is 0. The second-order valence-electron chi connectivity index (χ2n) is 6.44. The molecular weight excluding hydrogens is 373 g/mol. The summed E-state index contributed by atoms with van der Waals surface area (Å²) in [6.07, 6.45) is -4.95. The molecule has 0 aliphatic carbocycles. The number of ether oxygens (including phenoxy) is 1. The maximum atomic E-state index is 12.8. The number of rotatable bonds is 4. The van der Waals surface area contributed by atoms with Crippen LogP contribution in [-0.4, -0.2) is 39.7 Å². The van der Waals surface area contributed by atoms with E-state index in [1.165, 1.54) is 17.7 Å². The summed E-state index contributed by atoms with van der Waals surface area (Å²) in [5, 5.41) is 3.89. The normalized spacial score (nSPS) is 18.3. The van der Waals surface area contributed by atoms with Crippen LogP contribution in [0.25, 0.3) is 11.6 Å². The lowest BCUT2D eigenvalue weighted by Gasteiger charge is -2.31. The molecule has 0 bridgehead atoms. The molecular formula is C19H17F3N4O2. The average molecular weight is 390 g/mol. The van der Waals surface area contributed by atoms with E-state index >= 15 is 0 Å². The van der Waals surface area contributed by atoms with Crippen molar-refractivity contribution in [3.8, 4) is 11.6 Å². The van der Waals surface area contributed by atoms with Crippen LogP contribution in [0.3, 0.4) is 0 Å². The molecule has 0 radical (unpaired) electrons. The average Bonchev–Trinajstić information content (AvgIpc) is 3.19. The molecule has 1 saturated heterocycles. The van der Waals surface area contributed by atoms with Crippen LogP contribution in [0.1, 0.15) is 23.2 Å². The van der Waals surface area contributed by atoms with Gasteiger partial charge in [-0.2, -0.15) is 18.2 Å². The fourth-order valence-electron chi connectivity index (χ4n) is 3.03. The Labute approximate surface area is 159 Å². The van der Waals surface area contributed by atoms with E-state index in [2.05, 4.69) is 32.2 Å². The quantitative estimate of drug-likeness (QED) is 0.677. The highest BCUT2D eigenvalue weighted by atomic mass is 19.4. The minimum Gasteiger partial charge on any atom is -0.367 e. The predicted molar refractivity (Wildman–Crippen MR) is 92.9 cm³/mol. The lowest BCUT2D eigenvalue weighted by atomic mass is 10.2. The third kappa shape index (κ3) is 4.20. The highest BCUT2D eigenvalue weighted by Crippen LogP contribution is 2.29. The fraction of sp³-hybridized carbons (Fsp3) is 0.316. The number of halogens is 3. The van der Waals surface area contributed by atoms with Gasteiger partial charge in [0.1, 0.15) is 17.5 Å². The molecule has 1 atom stereocenters. The molecule has 0 saturated carbocycles. The molecule has 1 aromatic carbocycles. The summed E-state index contributed by atoms with van der Waals surface area (Å²) in [6.45, 7) is 2.60. The Balaban J connectivity index is 1.48. The molecule has 1 aliphatic heterocycles. The van der Waals surface area contributed by atoms with Gasteiger partial charge in [0, 0.05) is 19.6 Å². The first-order valence-electron chi connectivity index (χ1n) is 8.75. The topological polar surface area (TPSA) is 64.3 Å². The van der Waals surface area contributed by atoms with Gasteiger partial charge in [-0.3, -0.25) is 4.90 Å². The van der Waals surface area contributed by atoms with E-state index in [0.29, 0.717) is 19.0 Å². The zero-order chi connectivity index (χ0) is 19.6. The number of benzene rings is 1. The van der Waals surface area contributed by atoms with E-state index in [1.54, 1.807) is 0 Å². The monoisotopic (exact) mass is 390 g/mol. The number of morpholine rings is 1. The zero-order valence-corrected chi connectivity index (χ0v) is 14.8. The first-order chi connectivity index (χ1) is 13.5. The van der Waals surface area contributed by atoms with Crippen LogP contribution in [0.2, 0.25) is 0 Å². The smallest absolute Gasteiger partial charge is 0.367 e. The van der Waals surface area contributed by atoms with Crippen LogP contribution in [0, 0.1) is 0 Å². The van der Waals surface area contributed by atoms with Crippen molar-refractivity contribution in [3.63, 3.8) is 0 Å². The summed E-state index contributed by atoms with van der Waals surface area (Å²) in [5.41, 5.74) is 0.156. The zero-order valence-electron chi connectivity index (χ0n) is 14.8. The lowest BCUT2D eigenvalue weighted by molar-refractivity contribution is -0.141. The van der Waals surface area contributed by atoms with Crippen molar-refractivity contribution in [2.24, 2.45) is 0 Å². The van der Waals surface area contributed by atoms with Gasteiger partial charge in [0.05, 0.1) is 6.61 Å². The molecule has 4 rings (SSSR count). The van der Waals surface area contributed by atoms with Crippen LogP contribution in [-0.2, 0) is 17.5 Å². The number of nitrogens with zero attached hydrogens (tertiary/aromatic N) is 4. The van der Waals surface area contributed by atoms with Crippen LogP contribution in [0.4, 0.5) is 13.2 Å². The minimum atomic E-state index is -4.54. The predicted octanol–water partition coefficient (Wildman–Crippen LogP) is 3.72. The van der Waals surface area contributed by atoms with E-state index in [9.17, 15) is 13.2 Å². The molecule has 3 aromatic rings. The number of hydrogen-bond acceptors (Lipinski definition) is 6. The Hall–Kier alpha value is -2.78. The van der Waals surface area contributed by atoms with Gasteiger partial charge in [-0.15, -0.1) is 0 Å². The molecule has 28 heavy (non-hydrogen) atoms. The Morgan fingerprint density at radius 3 is 2.64 bits per heavy atom. The van der Waals surface area contributed by atoms with E-state index in [1.807, 2.05) is 18.2 Å². The highest BCUT2D eigenvalue weighted by molar-refractivity contribution is 5.46. The van der Waals surface area contributed by atoms with Crippen molar-refractivity contribution in [1.29, 1.82) is 0 Å². The summed E-state index contributed by atoms with van der Waals surface area (Å²) >= 11 is 0. The third-order valence-electron chi connectivity index (χ3n) is 4.39. The van der Waals surface area contributed by atoms with Gasteiger partial charge in [0.15, 0.2) is 0 Å². The summed E-state index contributed by atoms with van der Waals surface area (Å²) in [4.78, 5) is 9.99. The first-order valence-corrected chi connectivity index (χ1v) is 8.75. The molecule has 146 valence electrons. The molecule has 2 aromatic heterocycles. The van der Waals surface area contributed by atoms with Crippen LogP contribution in [0.5, 0.6) is 0 Å². The van der Waals surface area contributed by atoms with Crippen LogP contribution in [0.15, 0.2) is 53.1 Å². The van der Waals surface area contributed by atoms with Gasteiger partial charge in [0.2, 0.25) is 5.82 Å². The molecule has 0 N–H and O–H groups in total. The van der Waals surface area contributed by atoms with E-state index in [4.69, 9.17) is 9.26 Å². The lowest BCUT2D eigenvalue weighted by Crippen LogP contribution is -2.38. The minimum absolute atomic E-state index is 0.0227. The second-order valence-corrected chi connectivity index (χ2v) is 6.44. The van der Waals surface area contributed by atoms with E-state index in [0.717, 1.165) is 19.2 Å². The molecule has 1 fully saturated rings. The summed E-state index contributed by atoms with van der Waals surface area (Å²) < 4.78 is 49.4. The van der Waals surface area contributed by atoms with E-state index in [-0.39, 0.29) is 11.6 Å². The third-order valence-corrected chi connectivity index (χ3v) is 4.39. The number of alkyl halides is 3.